The van der Waals surface area contributed by atoms with E-state index in [1.54, 1.807) is 48.5 Å². The minimum absolute atomic E-state index is 0.0839. The summed E-state index contributed by atoms with van der Waals surface area (Å²) < 4.78 is 10.5. The van der Waals surface area contributed by atoms with Crippen LogP contribution in [0.25, 0.3) is 22.3 Å². The molecule has 0 saturated heterocycles. The fraction of sp³-hybridized carbons (Fsp3) is 0.0455. The van der Waals surface area contributed by atoms with Crippen molar-refractivity contribution in [2.45, 2.75) is 0 Å². The number of rotatable bonds is 5. The average Bonchev–Trinajstić information content (AvgIpc) is 2.79. The number of nitrogens with one attached hydrogen (secondary N) is 1. The van der Waals surface area contributed by atoms with Gasteiger partial charge in [-0.2, -0.15) is 0 Å². The van der Waals surface area contributed by atoms with Crippen LogP contribution in [0.3, 0.4) is 0 Å². The van der Waals surface area contributed by atoms with E-state index in [-0.39, 0.29) is 22.6 Å². The highest BCUT2D eigenvalue weighted by atomic mass is 16.6. The molecule has 9 heteroatoms. The van der Waals surface area contributed by atoms with Crippen molar-refractivity contribution in [1.82, 2.24) is 9.97 Å². The van der Waals surface area contributed by atoms with Crippen molar-refractivity contribution in [2.24, 2.45) is 0 Å². The van der Waals surface area contributed by atoms with Gasteiger partial charge in [0.2, 0.25) is 0 Å². The van der Waals surface area contributed by atoms with Gasteiger partial charge in [0, 0.05) is 17.7 Å². The number of esters is 1. The van der Waals surface area contributed by atoms with Crippen LogP contribution in [0.15, 0.2) is 71.5 Å². The summed E-state index contributed by atoms with van der Waals surface area (Å²) in [5, 5.41) is 11.5. The van der Waals surface area contributed by atoms with Crippen molar-refractivity contribution in [2.75, 3.05) is 7.11 Å². The first-order chi connectivity index (χ1) is 15.0. The second-order valence-electron chi connectivity index (χ2n) is 6.49. The molecule has 0 aliphatic heterocycles. The van der Waals surface area contributed by atoms with Gasteiger partial charge in [-0.1, -0.05) is 24.3 Å². The molecule has 0 saturated carbocycles. The summed E-state index contributed by atoms with van der Waals surface area (Å²) in [6.45, 7) is 0. The number of para-hydroxylation sites is 1. The molecule has 0 radical (unpaired) electrons. The van der Waals surface area contributed by atoms with Crippen LogP contribution >= 0.6 is 0 Å². The standard InChI is InChI=1S/C22H15N3O6/c1-30-22(27)17-12-14(25(28)29)9-10-19(17)31-15-6-4-5-13(11-15)20-23-18-8-3-2-7-16(18)21(26)24-20/h2-12H,1H3,(H,23,24,26). The van der Waals surface area contributed by atoms with Crippen molar-refractivity contribution in [3.63, 3.8) is 0 Å². The van der Waals surface area contributed by atoms with Crippen LogP contribution in [0, 0.1) is 10.1 Å². The molecule has 1 N–H and O–H groups in total. The Labute approximate surface area is 175 Å². The SMILES string of the molecule is COC(=O)c1cc([N+](=O)[O-])ccc1Oc1cccc(-c2nc3ccccc3c(=O)[nH]2)c1. The summed E-state index contributed by atoms with van der Waals surface area (Å²) >= 11 is 0. The third kappa shape index (κ3) is 3.97. The van der Waals surface area contributed by atoms with Gasteiger partial charge in [-0.3, -0.25) is 14.9 Å². The van der Waals surface area contributed by atoms with Crippen molar-refractivity contribution < 1.29 is 19.2 Å². The van der Waals surface area contributed by atoms with Gasteiger partial charge in [-0.25, -0.2) is 9.78 Å². The summed E-state index contributed by atoms with van der Waals surface area (Å²) in [7, 11) is 1.17. The van der Waals surface area contributed by atoms with E-state index in [1.165, 1.54) is 19.2 Å². The average molecular weight is 417 g/mol. The molecule has 3 aromatic carbocycles. The highest BCUT2D eigenvalue weighted by Gasteiger charge is 2.19. The van der Waals surface area contributed by atoms with E-state index in [1.807, 2.05) is 0 Å². The molecule has 31 heavy (non-hydrogen) atoms. The van der Waals surface area contributed by atoms with E-state index < -0.39 is 10.9 Å². The molecule has 0 aliphatic carbocycles. The number of nitrogens with zero attached hydrogens (tertiary/aromatic N) is 2. The maximum atomic E-state index is 12.4. The number of nitro groups is 1. The lowest BCUT2D eigenvalue weighted by Crippen LogP contribution is -2.09. The van der Waals surface area contributed by atoms with Gasteiger partial charge >= 0.3 is 5.97 Å². The second kappa shape index (κ2) is 8.07. The Kier molecular flexibility index (Phi) is 5.15. The van der Waals surface area contributed by atoms with Crippen molar-refractivity contribution in [3.05, 3.63) is 92.8 Å². The van der Waals surface area contributed by atoms with Gasteiger partial charge in [0.1, 0.15) is 22.9 Å². The first-order valence-electron chi connectivity index (χ1n) is 9.10. The number of H-pyrrole nitrogens is 1. The minimum Gasteiger partial charge on any atom is -0.465 e. The van der Waals surface area contributed by atoms with E-state index in [0.29, 0.717) is 28.0 Å². The van der Waals surface area contributed by atoms with Crippen LogP contribution in [-0.2, 0) is 4.74 Å². The lowest BCUT2D eigenvalue weighted by Gasteiger charge is -2.11. The van der Waals surface area contributed by atoms with Crippen LogP contribution in [0.4, 0.5) is 5.69 Å². The number of aromatic nitrogens is 2. The fourth-order valence-corrected chi connectivity index (χ4v) is 3.05. The van der Waals surface area contributed by atoms with E-state index in [2.05, 4.69) is 9.97 Å². The highest BCUT2D eigenvalue weighted by molar-refractivity contribution is 5.93. The van der Waals surface area contributed by atoms with E-state index in [4.69, 9.17) is 9.47 Å². The van der Waals surface area contributed by atoms with Crippen LogP contribution in [0.5, 0.6) is 11.5 Å². The zero-order valence-corrected chi connectivity index (χ0v) is 16.2. The fourth-order valence-electron chi connectivity index (χ4n) is 3.05. The summed E-state index contributed by atoms with van der Waals surface area (Å²) in [5.41, 5.74) is 0.520. The number of hydrogen-bond acceptors (Lipinski definition) is 7. The predicted molar refractivity (Wildman–Crippen MR) is 112 cm³/mol. The maximum absolute atomic E-state index is 12.4. The molecule has 0 bridgehead atoms. The molecule has 0 atom stereocenters. The first kappa shape index (κ1) is 19.8. The summed E-state index contributed by atoms with van der Waals surface area (Å²) in [6, 6.07) is 17.4. The summed E-state index contributed by atoms with van der Waals surface area (Å²) in [6.07, 6.45) is 0. The molecule has 9 nitrogen and oxygen atoms in total. The molecule has 0 spiro atoms. The lowest BCUT2D eigenvalue weighted by molar-refractivity contribution is -0.384. The Balaban J connectivity index is 1.73. The van der Waals surface area contributed by atoms with Gasteiger partial charge in [0.15, 0.2) is 0 Å². The Bertz CT molecular complexity index is 1380. The molecule has 1 heterocycles. The van der Waals surface area contributed by atoms with Crippen molar-refractivity contribution in [3.8, 4) is 22.9 Å². The number of nitro benzene ring substituents is 1. The second-order valence-corrected chi connectivity index (χ2v) is 6.49. The Hall–Kier alpha value is -4.53. The quantitative estimate of drug-likeness (QED) is 0.295. The number of carbonyl (C=O) groups is 1. The van der Waals surface area contributed by atoms with Gasteiger partial charge in [-0.15, -0.1) is 0 Å². The smallest absolute Gasteiger partial charge is 0.341 e. The lowest BCUT2D eigenvalue weighted by atomic mass is 10.1. The highest BCUT2D eigenvalue weighted by Crippen LogP contribution is 2.31. The number of hydrogen-bond donors (Lipinski definition) is 1. The number of non-ortho nitro benzene ring substituents is 1. The third-order valence-corrected chi connectivity index (χ3v) is 4.53. The number of ether oxygens (including phenoxy) is 2. The topological polar surface area (TPSA) is 124 Å². The minimum atomic E-state index is -0.768. The Morgan fingerprint density at radius 3 is 2.65 bits per heavy atom. The molecule has 0 unspecified atom stereocenters. The Morgan fingerprint density at radius 2 is 1.87 bits per heavy atom. The number of methoxy groups -OCH3 is 1. The maximum Gasteiger partial charge on any atom is 0.341 e. The first-order valence-corrected chi connectivity index (χ1v) is 9.10. The van der Waals surface area contributed by atoms with Crippen molar-refractivity contribution in [1.29, 1.82) is 0 Å². The van der Waals surface area contributed by atoms with Crippen LogP contribution in [-0.4, -0.2) is 28.0 Å². The zero-order valence-electron chi connectivity index (χ0n) is 16.2. The number of benzene rings is 3. The Morgan fingerprint density at radius 1 is 1.06 bits per heavy atom. The molecule has 154 valence electrons. The van der Waals surface area contributed by atoms with Gasteiger partial charge in [-0.05, 0) is 30.3 Å². The molecule has 1 aromatic heterocycles. The normalized spacial score (nSPS) is 10.6. The predicted octanol–water partition coefficient (Wildman–Crippen LogP) is 4.08. The van der Waals surface area contributed by atoms with E-state index in [0.717, 1.165) is 6.07 Å². The van der Waals surface area contributed by atoms with E-state index >= 15 is 0 Å². The zero-order chi connectivity index (χ0) is 22.0. The number of fused-ring (bicyclic) bond motifs is 1. The molecule has 4 rings (SSSR count). The number of aromatic amines is 1. The van der Waals surface area contributed by atoms with Gasteiger partial charge < -0.3 is 14.5 Å². The largest absolute Gasteiger partial charge is 0.465 e. The summed E-state index contributed by atoms with van der Waals surface area (Å²) in [4.78, 5) is 42.1. The molecular weight excluding hydrogens is 402 g/mol. The summed E-state index contributed by atoms with van der Waals surface area (Å²) in [5.74, 6) is 0.0169. The third-order valence-electron chi connectivity index (χ3n) is 4.53. The van der Waals surface area contributed by atoms with Crippen LogP contribution in [0.2, 0.25) is 0 Å². The molecule has 0 aliphatic rings. The molecule has 4 aromatic rings. The van der Waals surface area contributed by atoms with E-state index in [9.17, 15) is 19.7 Å². The molecule has 0 amide bonds. The van der Waals surface area contributed by atoms with Gasteiger partial charge in [0.25, 0.3) is 11.2 Å². The number of carbonyl (C=O) groups excluding carboxylic acids is 1. The molecular formula is C22H15N3O6. The monoisotopic (exact) mass is 417 g/mol. The van der Waals surface area contributed by atoms with Crippen LogP contribution in [0.1, 0.15) is 10.4 Å². The van der Waals surface area contributed by atoms with Gasteiger partial charge in [0.05, 0.1) is 22.9 Å². The van der Waals surface area contributed by atoms with Crippen LogP contribution < -0.4 is 10.3 Å². The molecule has 0 fully saturated rings. The van der Waals surface area contributed by atoms with Crippen molar-refractivity contribution >= 4 is 22.6 Å².